The summed E-state index contributed by atoms with van der Waals surface area (Å²) in [6, 6.07) is 15.8. The third-order valence-electron chi connectivity index (χ3n) is 6.17. The molecular formula is C25H32N2O5S. The second-order valence-electron chi connectivity index (χ2n) is 8.56. The van der Waals surface area contributed by atoms with Gasteiger partial charge >= 0.3 is 0 Å². The molecule has 8 heteroatoms. The van der Waals surface area contributed by atoms with Crippen molar-refractivity contribution >= 4 is 21.7 Å². The van der Waals surface area contributed by atoms with Crippen molar-refractivity contribution in [2.75, 3.05) is 33.0 Å². The van der Waals surface area contributed by atoms with E-state index >= 15 is 0 Å². The fraction of sp³-hybridized carbons (Fsp3) is 0.440. The first-order valence-electron chi connectivity index (χ1n) is 11.2. The Morgan fingerprint density at radius 1 is 1.12 bits per heavy atom. The van der Waals surface area contributed by atoms with Crippen molar-refractivity contribution in [1.82, 2.24) is 9.80 Å². The van der Waals surface area contributed by atoms with Crippen LogP contribution in [0.25, 0.3) is 0 Å². The van der Waals surface area contributed by atoms with Gasteiger partial charge in [0.05, 0.1) is 29.9 Å². The lowest BCUT2D eigenvalue weighted by Crippen LogP contribution is -2.46. The molecule has 0 aliphatic carbocycles. The minimum absolute atomic E-state index is 0.00417. The molecule has 2 amide bonds. The monoisotopic (exact) mass is 472 g/mol. The van der Waals surface area contributed by atoms with E-state index in [0.717, 1.165) is 24.2 Å². The molecule has 0 saturated carbocycles. The Balaban J connectivity index is 1.54. The van der Waals surface area contributed by atoms with Gasteiger partial charge in [-0.05, 0) is 49.6 Å². The lowest BCUT2D eigenvalue weighted by Gasteiger charge is -2.36. The van der Waals surface area contributed by atoms with Gasteiger partial charge in [0, 0.05) is 26.4 Å². The first kappa shape index (κ1) is 24.8. The Morgan fingerprint density at radius 2 is 1.79 bits per heavy atom. The average Bonchev–Trinajstić information content (AvgIpc) is 2.83. The van der Waals surface area contributed by atoms with Gasteiger partial charge in [-0.1, -0.05) is 30.3 Å². The molecule has 1 aliphatic rings. The maximum atomic E-state index is 13.2. The van der Waals surface area contributed by atoms with Crippen molar-refractivity contribution < 1.29 is 22.7 Å². The Morgan fingerprint density at radius 3 is 2.42 bits per heavy atom. The molecule has 0 bridgehead atoms. The van der Waals surface area contributed by atoms with E-state index in [1.807, 2.05) is 37.3 Å². The van der Waals surface area contributed by atoms with Crippen molar-refractivity contribution in [3.63, 3.8) is 0 Å². The van der Waals surface area contributed by atoms with Crippen LogP contribution in [0.15, 0.2) is 59.5 Å². The first-order valence-corrected chi connectivity index (χ1v) is 13.1. The number of nitrogens with zero attached hydrogens (tertiary/aromatic N) is 2. The number of hydrogen-bond donors (Lipinski definition) is 0. The third-order valence-corrected chi connectivity index (χ3v) is 7.30. The van der Waals surface area contributed by atoms with Gasteiger partial charge in [0.15, 0.2) is 9.84 Å². The molecule has 3 rings (SSSR count). The highest BCUT2D eigenvalue weighted by molar-refractivity contribution is 7.90. The number of carbonyl (C=O) groups excluding carboxylic acids is 2. The Labute approximate surface area is 196 Å². The van der Waals surface area contributed by atoms with Gasteiger partial charge in [0.1, 0.15) is 5.75 Å². The van der Waals surface area contributed by atoms with E-state index in [9.17, 15) is 18.0 Å². The van der Waals surface area contributed by atoms with Gasteiger partial charge in [-0.3, -0.25) is 9.59 Å². The second-order valence-corrected chi connectivity index (χ2v) is 10.6. The van der Waals surface area contributed by atoms with Crippen LogP contribution in [0.4, 0.5) is 0 Å². The molecule has 1 heterocycles. The average molecular weight is 473 g/mol. The van der Waals surface area contributed by atoms with Crippen molar-refractivity contribution in [3.8, 4) is 5.75 Å². The number of sulfone groups is 1. The molecule has 2 atom stereocenters. The van der Waals surface area contributed by atoms with Crippen LogP contribution in [-0.2, 0) is 19.4 Å². The molecule has 2 aromatic carbocycles. The molecule has 0 N–H and O–H groups in total. The molecule has 0 spiro atoms. The van der Waals surface area contributed by atoms with Gasteiger partial charge in [-0.25, -0.2) is 8.42 Å². The summed E-state index contributed by atoms with van der Waals surface area (Å²) < 4.78 is 29.0. The molecular weight excluding hydrogens is 440 g/mol. The third kappa shape index (κ3) is 6.57. The lowest BCUT2D eigenvalue weighted by atomic mass is 9.95. The predicted molar refractivity (Wildman–Crippen MR) is 127 cm³/mol. The number of ether oxygens (including phenoxy) is 1. The highest BCUT2D eigenvalue weighted by Gasteiger charge is 2.31. The molecule has 0 radical (unpaired) electrons. The van der Waals surface area contributed by atoms with Crippen LogP contribution >= 0.6 is 0 Å². The first-order chi connectivity index (χ1) is 15.7. The van der Waals surface area contributed by atoms with Gasteiger partial charge in [-0.15, -0.1) is 0 Å². The summed E-state index contributed by atoms with van der Waals surface area (Å²) in [7, 11) is -1.51. The van der Waals surface area contributed by atoms with E-state index in [1.54, 1.807) is 41.1 Å². The lowest BCUT2D eigenvalue weighted by molar-refractivity contribution is -0.141. The summed E-state index contributed by atoms with van der Waals surface area (Å²) in [6.07, 6.45) is 2.97. The Bertz CT molecular complexity index is 1050. The topological polar surface area (TPSA) is 84.0 Å². The number of amides is 2. The van der Waals surface area contributed by atoms with Gasteiger partial charge in [0.2, 0.25) is 11.8 Å². The fourth-order valence-corrected chi connectivity index (χ4v) is 4.66. The van der Waals surface area contributed by atoms with Gasteiger partial charge < -0.3 is 14.5 Å². The van der Waals surface area contributed by atoms with Crippen LogP contribution in [0.2, 0.25) is 0 Å². The van der Waals surface area contributed by atoms with Crippen molar-refractivity contribution in [2.45, 2.75) is 37.1 Å². The van der Waals surface area contributed by atoms with Gasteiger partial charge in [0.25, 0.3) is 0 Å². The van der Waals surface area contributed by atoms with Crippen LogP contribution in [-0.4, -0.2) is 63.0 Å². The molecule has 2 aromatic rings. The van der Waals surface area contributed by atoms with E-state index < -0.39 is 9.84 Å². The summed E-state index contributed by atoms with van der Waals surface area (Å²) in [5.74, 6) is 0.473. The number of likely N-dealkylation sites (tertiary alicyclic amines) is 1. The highest BCUT2D eigenvalue weighted by Crippen LogP contribution is 2.26. The highest BCUT2D eigenvalue weighted by atomic mass is 32.2. The van der Waals surface area contributed by atoms with Crippen molar-refractivity contribution in [3.05, 3.63) is 60.2 Å². The summed E-state index contributed by atoms with van der Waals surface area (Å²) in [5.41, 5.74) is 0.861. The number of para-hydroxylation sites is 1. The number of rotatable bonds is 8. The molecule has 7 nitrogen and oxygen atoms in total. The minimum Gasteiger partial charge on any atom is -0.493 e. The standard InChI is InChI=1S/C25H32N2O5S/c1-19(20-11-13-23(14-12-20)33(3,30)31)26(2)25(29)21-8-7-16-27(18-21)24(28)15-17-32-22-9-5-4-6-10-22/h4-6,9-14,19,21H,7-8,15-18H2,1-3H3. The van der Waals surface area contributed by atoms with Crippen molar-refractivity contribution in [1.29, 1.82) is 0 Å². The maximum absolute atomic E-state index is 13.2. The fourth-order valence-electron chi connectivity index (χ4n) is 4.03. The van der Waals surface area contributed by atoms with E-state index in [0.29, 0.717) is 19.7 Å². The largest absolute Gasteiger partial charge is 0.493 e. The van der Waals surface area contributed by atoms with Crippen LogP contribution in [0.1, 0.15) is 37.8 Å². The second kappa shape index (κ2) is 10.8. The SMILES string of the molecule is CC(c1ccc(S(C)(=O)=O)cc1)N(C)C(=O)C1CCCN(C(=O)CCOc2ccccc2)C1. The van der Waals surface area contributed by atoms with Crippen LogP contribution in [0.3, 0.4) is 0 Å². The Hall–Kier alpha value is -2.87. The normalized spacial score (nSPS) is 17.3. The Kier molecular flexibility index (Phi) is 8.13. The summed E-state index contributed by atoms with van der Waals surface area (Å²) >= 11 is 0. The zero-order valence-electron chi connectivity index (χ0n) is 19.4. The quantitative estimate of drug-likeness (QED) is 0.589. The zero-order valence-corrected chi connectivity index (χ0v) is 20.3. The molecule has 0 aromatic heterocycles. The van der Waals surface area contributed by atoms with Crippen LogP contribution in [0, 0.1) is 5.92 Å². The smallest absolute Gasteiger partial charge is 0.227 e. The van der Waals surface area contributed by atoms with E-state index in [2.05, 4.69) is 0 Å². The molecule has 1 aliphatic heterocycles. The minimum atomic E-state index is -3.26. The molecule has 1 saturated heterocycles. The summed E-state index contributed by atoms with van der Waals surface area (Å²) in [5, 5.41) is 0. The number of benzene rings is 2. The zero-order chi connectivity index (χ0) is 24.0. The molecule has 178 valence electrons. The van der Waals surface area contributed by atoms with Crippen LogP contribution in [0.5, 0.6) is 5.75 Å². The van der Waals surface area contributed by atoms with E-state index in [4.69, 9.17) is 4.74 Å². The summed E-state index contributed by atoms with van der Waals surface area (Å²) in [6.45, 7) is 3.28. The molecule has 2 unspecified atom stereocenters. The number of hydrogen-bond acceptors (Lipinski definition) is 5. The van der Waals surface area contributed by atoms with Gasteiger partial charge in [-0.2, -0.15) is 0 Å². The van der Waals surface area contributed by atoms with Crippen LogP contribution < -0.4 is 4.74 Å². The number of piperidine rings is 1. The van der Waals surface area contributed by atoms with E-state index in [-0.39, 0.29) is 35.1 Å². The van der Waals surface area contributed by atoms with E-state index in [1.165, 1.54) is 6.26 Å². The van der Waals surface area contributed by atoms with Crippen molar-refractivity contribution in [2.24, 2.45) is 5.92 Å². The predicted octanol–water partition coefficient (Wildman–Crippen LogP) is 3.32. The number of carbonyl (C=O) groups is 2. The molecule has 33 heavy (non-hydrogen) atoms. The molecule has 1 fully saturated rings. The maximum Gasteiger partial charge on any atom is 0.227 e. The summed E-state index contributed by atoms with van der Waals surface area (Å²) in [4.78, 5) is 29.5.